The third kappa shape index (κ3) is 2.95. The van der Waals surface area contributed by atoms with Crippen molar-refractivity contribution in [2.45, 2.75) is 44.5 Å². The maximum atomic E-state index is 12.4. The van der Waals surface area contributed by atoms with Crippen LogP contribution in [-0.2, 0) is 14.3 Å². The second-order valence-corrected chi connectivity index (χ2v) is 8.12. The predicted octanol–water partition coefficient (Wildman–Crippen LogP) is 2.48. The van der Waals surface area contributed by atoms with Gasteiger partial charge in [-0.05, 0) is 38.8 Å². The Morgan fingerprint density at radius 1 is 1.38 bits per heavy atom. The second-order valence-electron chi connectivity index (χ2n) is 6.61. The number of aryl methyl sites for hydroxylation is 2. The van der Waals surface area contributed by atoms with Crippen molar-refractivity contribution in [2.75, 3.05) is 12.4 Å². The van der Waals surface area contributed by atoms with Gasteiger partial charge in [0.25, 0.3) is 0 Å². The predicted molar refractivity (Wildman–Crippen MR) is 91.9 cm³/mol. The minimum Gasteiger partial charge on any atom is -0.456 e. The number of carbonyl (C=O) groups is 3. The van der Waals surface area contributed by atoms with Gasteiger partial charge in [0.1, 0.15) is 6.04 Å². The van der Waals surface area contributed by atoms with Gasteiger partial charge in [-0.15, -0.1) is 11.8 Å². The van der Waals surface area contributed by atoms with Crippen molar-refractivity contribution in [2.24, 2.45) is 0 Å². The van der Waals surface area contributed by atoms with Gasteiger partial charge in [-0.2, -0.15) is 0 Å². The van der Waals surface area contributed by atoms with E-state index >= 15 is 0 Å². The molecule has 0 unspecified atom stereocenters. The topological polar surface area (TPSA) is 63.7 Å². The zero-order valence-electron chi connectivity index (χ0n) is 14.1. The quantitative estimate of drug-likeness (QED) is 0.618. The molecule has 2 fully saturated rings. The summed E-state index contributed by atoms with van der Waals surface area (Å²) in [6, 6.07) is 5.04. The van der Waals surface area contributed by atoms with Crippen molar-refractivity contribution in [3.8, 4) is 0 Å². The summed E-state index contributed by atoms with van der Waals surface area (Å²) in [6.07, 6.45) is 1.22. The Kier molecular flexibility index (Phi) is 4.42. The normalized spacial score (nSPS) is 25.7. The molecular formula is C18H21NO4S. The van der Waals surface area contributed by atoms with Gasteiger partial charge in [0, 0.05) is 17.7 Å². The summed E-state index contributed by atoms with van der Waals surface area (Å²) < 4.78 is 5.24. The smallest absolute Gasteiger partial charge is 0.330 e. The summed E-state index contributed by atoms with van der Waals surface area (Å²) in [4.78, 5) is 38.1. The van der Waals surface area contributed by atoms with Crippen LogP contribution >= 0.6 is 11.8 Å². The van der Waals surface area contributed by atoms with Crippen LogP contribution in [-0.4, -0.2) is 45.8 Å². The second kappa shape index (κ2) is 6.24. The molecule has 0 spiro atoms. The van der Waals surface area contributed by atoms with E-state index in [1.807, 2.05) is 32.9 Å². The van der Waals surface area contributed by atoms with Gasteiger partial charge >= 0.3 is 5.97 Å². The van der Waals surface area contributed by atoms with Crippen molar-refractivity contribution < 1.29 is 19.1 Å². The lowest BCUT2D eigenvalue weighted by Gasteiger charge is -2.29. The Labute approximate surface area is 145 Å². The number of Topliss-reactive ketones (excluding diaryl/α,β-unsaturated/α-hetero) is 1. The summed E-state index contributed by atoms with van der Waals surface area (Å²) in [5.74, 6) is -0.185. The first-order valence-electron chi connectivity index (χ1n) is 8.05. The summed E-state index contributed by atoms with van der Waals surface area (Å²) in [6.45, 7) is 5.47. The molecule has 2 aliphatic rings. The maximum Gasteiger partial charge on any atom is 0.330 e. The molecular weight excluding hydrogens is 326 g/mol. The first-order chi connectivity index (χ1) is 11.3. The zero-order chi connectivity index (χ0) is 17.5. The monoisotopic (exact) mass is 347 g/mol. The van der Waals surface area contributed by atoms with Crippen LogP contribution in [0.15, 0.2) is 18.2 Å². The lowest BCUT2D eigenvalue weighted by atomic mass is 10.0. The van der Waals surface area contributed by atoms with E-state index in [9.17, 15) is 14.4 Å². The molecule has 2 atom stereocenters. The van der Waals surface area contributed by atoms with Gasteiger partial charge in [0.2, 0.25) is 11.7 Å². The molecule has 2 aliphatic heterocycles. The molecule has 0 aliphatic carbocycles. The molecule has 2 saturated heterocycles. The van der Waals surface area contributed by atoms with Gasteiger partial charge in [-0.3, -0.25) is 9.59 Å². The van der Waals surface area contributed by atoms with Crippen LogP contribution in [0, 0.1) is 13.8 Å². The van der Waals surface area contributed by atoms with Crippen LogP contribution in [0.2, 0.25) is 0 Å². The zero-order valence-corrected chi connectivity index (χ0v) is 14.9. The highest BCUT2D eigenvalue weighted by atomic mass is 32.2. The summed E-state index contributed by atoms with van der Waals surface area (Å²) in [5.41, 5.74) is 2.42. The summed E-state index contributed by atoms with van der Waals surface area (Å²) in [7, 11) is 0. The fourth-order valence-corrected chi connectivity index (χ4v) is 4.76. The number of fused-ring (bicyclic) bond motifs is 1. The Bertz CT molecular complexity index is 717. The number of hydrogen-bond acceptors (Lipinski definition) is 5. The fraction of sp³-hybridized carbons (Fsp3) is 0.500. The van der Waals surface area contributed by atoms with Crippen molar-refractivity contribution >= 4 is 29.4 Å². The molecule has 0 N–H and O–H groups in total. The van der Waals surface area contributed by atoms with E-state index in [1.54, 1.807) is 22.7 Å². The van der Waals surface area contributed by atoms with Gasteiger partial charge in [0.15, 0.2) is 6.61 Å². The number of esters is 1. The highest BCUT2D eigenvalue weighted by Crippen LogP contribution is 2.47. The summed E-state index contributed by atoms with van der Waals surface area (Å²) in [5, 5.41) is 0. The van der Waals surface area contributed by atoms with E-state index < -0.39 is 12.0 Å². The largest absolute Gasteiger partial charge is 0.456 e. The molecule has 0 saturated carbocycles. The molecule has 5 nitrogen and oxygen atoms in total. The lowest BCUT2D eigenvalue weighted by molar-refractivity contribution is -0.152. The highest BCUT2D eigenvalue weighted by Gasteiger charge is 2.53. The molecule has 6 heteroatoms. The third-order valence-electron chi connectivity index (χ3n) is 4.76. The SMILES string of the molecule is Cc1ccc(C)c(C(=O)COC(=O)[C@@H]2CS[C@@]3(C)CCC(=O)N23)c1. The van der Waals surface area contributed by atoms with Gasteiger partial charge in [-0.1, -0.05) is 17.7 Å². The Hall–Kier alpha value is -1.82. The number of carbonyl (C=O) groups excluding carboxylic acids is 3. The Morgan fingerprint density at radius 3 is 2.88 bits per heavy atom. The maximum absolute atomic E-state index is 12.4. The molecule has 1 aromatic rings. The molecule has 1 aromatic carbocycles. The van der Waals surface area contributed by atoms with E-state index in [-0.39, 0.29) is 23.2 Å². The third-order valence-corrected chi connectivity index (χ3v) is 6.26. The van der Waals surface area contributed by atoms with E-state index in [4.69, 9.17) is 4.74 Å². The number of benzene rings is 1. The van der Waals surface area contributed by atoms with Crippen molar-refractivity contribution in [1.82, 2.24) is 4.90 Å². The van der Waals surface area contributed by atoms with Crippen molar-refractivity contribution in [3.05, 3.63) is 34.9 Å². The molecule has 3 rings (SSSR count). The molecule has 1 amide bonds. The standard InChI is InChI=1S/C18H21NO4S/c1-11-4-5-12(2)13(8-11)15(20)9-23-17(22)14-10-24-18(3)7-6-16(21)19(14)18/h4-5,8,14H,6-7,9-10H2,1-3H3/t14-,18-/m0/s1. The number of amides is 1. The number of ketones is 1. The van der Waals surface area contributed by atoms with Crippen LogP contribution < -0.4 is 0 Å². The first kappa shape index (κ1) is 17.0. The van der Waals surface area contributed by atoms with E-state index in [0.29, 0.717) is 17.7 Å². The van der Waals surface area contributed by atoms with Crippen molar-refractivity contribution in [1.29, 1.82) is 0 Å². The number of thioether (sulfide) groups is 1. The number of nitrogens with zero attached hydrogens (tertiary/aromatic N) is 1. The number of rotatable bonds is 4. The van der Waals surface area contributed by atoms with E-state index in [1.165, 1.54) is 0 Å². The van der Waals surface area contributed by atoms with Gasteiger partial charge < -0.3 is 9.64 Å². The fourth-order valence-electron chi connectivity index (χ4n) is 3.34. The Balaban J connectivity index is 1.65. The van der Waals surface area contributed by atoms with Crippen LogP contribution in [0.1, 0.15) is 41.3 Å². The molecule has 2 heterocycles. The van der Waals surface area contributed by atoms with Gasteiger partial charge in [0.05, 0.1) is 4.87 Å². The number of ether oxygens (including phenoxy) is 1. The van der Waals surface area contributed by atoms with E-state index in [2.05, 4.69) is 0 Å². The average molecular weight is 347 g/mol. The average Bonchev–Trinajstić information content (AvgIpc) is 3.03. The van der Waals surface area contributed by atoms with Crippen molar-refractivity contribution in [3.63, 3.8) is 0 Å². The number of hydrogen-bond donors (Lipinski definition) is 0. The first-order valence-corrected chi connectivity index (χ1v) is 9.03. The van der Waals surface area contributed by atoms with Crippen LogP contribution in [0.4, 0.5) is 0 Å². The molecule has 128 valence electrons. The Morgan fingerprint density at radius 2 is 2.12 bits per heavy atom. The summed E-state index contributed by atoms with van der Waals surface area (Å²) >= 11 is 1.61. The highest BCUT2D eigenvalue weighted by molar-refractivity contribution is 8.01. The van der Waals surface area contributed by atoms with Gasteiger partial charge in [-0.25, -0.2) is 4.79 Å². The van der Waals surface area contributed by atoms with Crippen LogP contribution in [0.3, 0.4) is 0 Å². The molecule has 0 radical (unpaired) electrons. The molecule has 24 heavy (non-hydrogen) atoms. The minimum absolute atomic E-state index is 0.00898. The lowest BCUT2D eigenvalue weighted by Crippen LogP contribution is -2.46. The van der Waals surface area contributed by atoms with E-state index in [0.717, 1.165) is 17.5 Å². The van der Waals surface area contributed by atoms with Crippen LogP contribution in [0.5, 0.6) is 0 Å². The molecule has 0 aromatic heterocycles. The minimum atomic E-state index is -0.582. The van der Waals surface area contributed by atoms with Crippen LogP contribution in [0.25, 0.3) is 0 Å². The molecule has 0 bridgehead atoms.